The van der Waals surface area contributed by atoms with E-state index in [-0.39, 0.29) is 17.1 Å². The van der Waals surface area contributed by atoms with Crippen molar-refractivity contribution in [1.29, 1.82) is 0 Å². The fourth-order valence-electron chi connectivity index (χ4n) is 2.11. The summed E-state index contributed by atoms with van der Waals surface area (Å²) < 4.78 is 0. The Morgan fingerprint density at radius 2 is 1.53 bits per heavy atom. The van der Waals surface area contributed by atoms with Crippen molar-refractivity contribution < 1.29 is 17.1 Å². The second-order valence-electron chi connectivity index (χ2n) is 4.15. The fourth-order valence-corrected chi connectivity index (χ4v) is 2.11. The number of hydrogen-bond donors (Lipinski definition) is 0. The molecule has 92 valence electrons. The smallest absolute Gasteiger partial charge is 0.264 e. The van der Waals surface area contributed by atoms with Crippen LogP contribution in [0.3, 0.4) is 0 Å². The number of rotatable bonds is 0. The monoisotopic (exact) mass is 287 g/mol. The quantitative estimate of drug-likeness (QED) is 0.667. The molecule has 0 aromatic carbocycles. The summed E-state index contributed by atoms with van der Waals surface area (Å²) in [5.74, 6) is 2.62. The molecule has 1 aromatic rings. The van der Waals surface area contributed by atoms with Crippen molar-refractivity contribution in [3.63, 3.8) is 0 Å². The van der Waals surface area contributed by atoms with Gasteiger partial charge in [0, 0.05) is 24.2 Å². The third-order valence-corrected chi connectivity index (χ3v) is 2.99. The van der Waals surface area contributed by atoms with Crippen LogP contribution in [0.25, 0.3) is 6.08 Å². The van der Waals surface area contributed by atoms with E-state index in [2.05, 4.69) is 42.5 Å². The van der Waals surface area contributed by atoms with Gasteiger partial charge in [0.15, 0.2) is 0 Å². The van der Waals surface area contributed by atoms with Crippen LogP contribution in [-0.2, 0) is 17.1 Å². The average Bonchev–Trinajstić information content (AvgIpc) is 3.12. The molecule has 0 bridgehead atoms. The second-order valence-corrected chi connectivity index (χ2v) is 4.15. The van der Waals surface area contributed by atoms with Gasteiger partial charge in [0.2, 0.25) is 0 Å². The number of pyridine rings is 1. The Morgan fingerprint density at radius 1 is 0.789 bits per heavy atom. The van der Waals surface area contributed by atoms with Gasteiger partial charge in [0.25, 0.3) is 0 Å². The van der Waals surface area contributed by atoms with E-state index in [9.17, 15) is 0 Å². The van der Waals surface area contributed by atoms with Crippen LogP contribution in [0.15, 0.2) is 24.5 Å². The Kier molecular flexibility index (Phi) is 5.66. The molecule has 1 heterocycles. The van der Waals surface area contributed by atoms with Gasteiger partial charge >= 0.3 is 17.1 Å². The molecule has 2 saturated carbocycles. The van der Waals surface area contributed by atoms with Crippen molar-refractivity contribution >= 4 is 6.08 Å². The standard InChI is InChI=1S/C12H8N.C5H5.Fe/c1-2-9-4-5-10-8-13-7-6-12(10)11(9)3-1;1-2-4-5-3-1;/h1-8H;1-5H;/q;;+2. The molecule has 2 heteroatoms. The van der Waals surface area contributed by atoms with Gasteiger partial charge < -0.3 is 0 Å². The first-order valence-electron chi connectivity index (χ1n) is 6.00. The van der Waals surface area contributed by atoms with E-state index in [1.807, 2.05) is 44.5 Å². The first-order valence-corrected chi connectivity index (χ1v) is 6.00. The molecule has 2 fully saturated rings. The molecule has 1 nitrogen and oxygen atoms in total. The molecule has 0 unspecified atom stereocenters. The number of fused-ring (bicyclic) bond motifs is 3. The third-order valence-electron chi connectivity index (χ3n) is 2.99. The summed E-state index contributed by atoms with van der Waals surface area (Å²) in [7, 11) is 0. The molecular formula is C17H13FeN+2. The predicted octanol–water partition coefficient (Wildman–Crippen LogP) is 3.25. The summed E-state index contributed by atoms with van der Waals surface area (Å²) in [5, 5.41) is 0. The van der Waals surface area contributed by atoms with Gasteiger partial charge in [-0.05, 0) is 68.6 Å². The average molecular weight is 287 g/mol. The Balaban J connectivity index is 0.000000190. The van der Waals surface area contributed by atoms with Gasteiger partial charge in [-0.15, -0.1) is 0 Å². The van der Waals surface area contributed by atoms with Gasteiger partial charge in [0.05, 0.1) is 0 Å². The molecule has 3 aliphatic rings. The van der Waals surface area contributed by atoms with Crippen LogP contribution in [0, 0.1) is 63.2 Å². The number of allylic oxidation sites excluding steroid dienone is 1. The molecule has 0 aliphatic heterocycles. The van der Waals surface area contributed by atoms with E-state index in [1.54, 1.807) is 0 Å². The Morgan fingerprint density at radius 3 is 2.26 bits per heavy atom. The van der Waals surface area contributed by atoms with Gasteiger partial charge in [-0.1, -0.05) is 12.2 Å². The van der Waals surface area contributed by atoms with E-state index in [0.717, 1.165) is 0 Å². The Labute approximate surface area is 127 Å². The van der Waals surface area contributed by atoms with E-state index in [0.29, 0.717) is 0 Å². The minimum absolute atomic E-state index is 0. The van der Waals surface area contributed by atoms with Crippen LogP contribution in [0.5, 0.6) is 0 Å². The van der Waals surface area contributed by atoms with Gasteiger partial charge in [-0.2, -0.15) is 0 Å². The fraction of sp³-hybridized carbons (Fsp3) is 0. The largest absolute Gasteiger partial charge is 2.00 e. The van der Waals surface area contributed by atoms with Crippen LogP contribution in [0.2, 0.25) is 0 Å². The molecule has 0 amide bonds. The van der Waals surface area contributed by atoms with Gasteiger partial charge in [-0.3, -0.25) is 4.98 Å². The molecule has 4 rings (SSSR count). The Bertz CT molecular complexity index is 415. The summed E-state index contributed by atoms with van der Waals surface area (Å²) in [6.07, 6.45) is 24.4. The van der Waals surface area contributed by atoms with E-state index >= 15 is 0 Å². The van der Waals surface area contributed by atoms with Crippen LogP contribution in [0.1, 0.15) is 11.1 Å². The van der Waals surface area contributed by atoms with Gasteiger partial charge in [0.1, 0.15) is 0 Å². The molecule has 10 radical (unpaired) electrons. The van der Waals surface area contributed by atoms with Crippen LogP contribution < -0.4 is 0 Å². The van der Waals surface area contributed by atoms with Crippen molar-refractivity contribution in [2.45, 2.75) is 0 Å². The zero-order chi connectivity index (χ0) is 12.2. The zero-order valence-corrected chi connectivity index (χ0v) is 11.4. The number of aromatic nitrogens is 1. The normalized spacial score (nSPS) is 21.1. The summed E-state index contributed by atoms with van der Waals surface area (Å²) in [5.41, 5.74) is 2.50. The van der Waals surface area contributed by atoms with Crippen molar-refractivity contribution in [2.24, 2.45) is 0 Å². The van der Waals surface area contributed by atoms with Crippen LogP contribution in [-0.4, -0.2) is 4.98 Å². The van der Waals surface area contributed by atoms with E-state index in [1.165, 1.54) is 23.0 Å². The third kappa shape index (κ3) is 3.49. The maximum Gasteiger partial charge on any atom is 2.00 e. The minimum atomic E-state index is 0. The first-order chi connectivity index (χ1) is 8.95. The molecule has 3 aliphatic carbocycles. The summed E-state index contributed by atoms with van der Waals surface area (Å²) in [6, 6.07) is 2.07. The topological polar surface area (TPSA) is 12.9 Å². The SMILES string of the molecule is [CH]1[CH][CH][CH][CH]1.[CH]1[CH][C]2C=Cc3cnccc3[C]2[CH]1.[Fe+2]. The summed E-state index contributed by atoms with van der Waals surface area (Å²) in [6.45, 7) is 0. The molecule has 19 heavy (non-hydrogen) atoms. The van der Waals surface area contributed by atoms with Crippen LogP contribution in [0.4, 0.5) is 0 Å². The molecule has 0 atom stereocenters. The Hall–Kier alpha value is -0.591. The second kappa shape index (κ2) is 7.26. The van der Waals surface area contributed by atoms with Crippen LogP contribution >= 0.6 is 0 Å². The maximum absolute atomic E-state index is 4.10. The minimum Gasteiger partial charge on any atom is -0.264 e. The summed E-state index contributed by atoms with van der Waals surface area (Å²) in [4.78, 5) is 4.10. The first kappa shape index (κ1) is 14.8. The summed E-state index contributed by atoms with van der Waals surface area (Å²) >= 11 is 0. The molecular weight excluding hydrogens is 274 g/mol. The van der Waals surface area contributed by atoms with E-state index < -0.39 is 0 Å². The molecule has 0 saturated heterocycles. The molecule has 0 N–H and O–H groups in total. The maximum atomic E-state index is 4.10. The van der Waals surface area contributed by atoms with Gasteiger partial charge in [-0.25, -0.2) is 0 Å². The molecule has 0 spiro atoms. The number of nitrogens with zero attached hydrogens (tertiary/aromatic N) is 1. The predicted molar refractivity (Wildman–Crippen MR) is 73.3 cm³/mol. The van der Waals surface area contributed by atoms with E-state index in [4.69, 9.17) is 0 Å². The number of hydrogen-bond acceptors (Lipinski definition) is 1. The van der Waals surface area contributed by atoms with Crippen molar-refractivity contribution in [2.75, 3.05) is 0 Å². The van der Waals surface area contributed by atoms with Crippen molar-refractivity contribution in [3.05, 3.63) is 98.9 Å². The molecule has 1 aromatic heterocycles. The zero-order valence-electron chi connectivity index (χ0n) is 10.3. The van der Waals surface area contributed by atoms with Crippen molar-refractivity contribution in [3.8, 4) is 0 Å². The van der Waals surface area contributed by atoms with Crippen molar-refractivity contribution in [1.82, 2.24) is 4.98 Å².